The molecule has 6 heteroatoms. The van der Waals surface area contributed by atoms with Crippen LogP contribution in [0.5, 0.6) is 0 Å². The van der Waals surface area contributed by atoms with Gasteiger partial charge in [-0.1, -0.05) is 238 Å². The van der Waals surface area contributed by atoms with Crippen LogP contribution in [-0.2, 0) is 14.3 Å². The van der Waals surface area contributed by atoms with Gasteiger partial charge in [0.1, 0.15) is 0 Å². The average molecular weight is 792 g/mol. The molecule has 0 saturated carbocycles. The molecule has 0 aromatic carbocycles. The molecular formula is C50H97NO5. The Morgan fingerprint density at radius 2 is 0.821 bits per heavy atom. The lowest BCUT2D eigenvalue weighted by Crippen LogP contribution is -2.45. The SMILES string of the molecule is CCCCCCCCC/C=C/C(O)C(CO)NC(=O)CCCCCCCCCCCCCCCCOC(=O)CCCCCCCCCCCCCCCCCC. The van der Waals surface area contributed by atoms with Gasteiger partial charge in [-0.05, 0) is 32.1 Å². The zero-order valence-corrected chi connectivity index (χ0v) is 37.6. The van der Waals surface area contributed by atoms with Gasteiger partial charge in [0.05, 0.1) is 25.4 Å². The number of hydrogen-bond donors (Lipinski definition) is 3. The number of unbranched alkanes of at least 4 members (excludes halogenated alkanes) is 35. The number of carbonyl (C=O) groups is 2. The van der Waals surface area contributed by atoms with Crippen LogP contribution in [0.4, 0.5) is 0 Å². The summed E-state index contributed by atoms with van der Waals surface area (Å²) in [4.78, 5) is 24.4. The minimum Gasteiger partial charge on any atom is -0.466 e. The number of esters is 1. The fourth-order valence-corrected chi connectivity index (χ4v) is 7.69. The Bertz CT molecular complexity index is 832. The molecular weight excluding hydrogens is 695 g/mol. The second kappa shape index (κ2) is 46.3. The standard InChI is InChI=1S/C50H97NO5/c1-3-5-7-9-11-13-14-15-16-17-21-24-28-32-36-40-44-50(55)56-45-41-37-33-29-25-22-19-18-20-23-27-31-35-39-43-49(54)51-47(46-52)48(53)42-38-34-30-26-12-10-8-6-4-2/h38,42,47-48,52-53H,3-37,39-41,43-46H2,1-2H3,(H,51,54)/b42-38+. The number of aliphatic hydroxyl groups excluding tert-OH is 2. The van der Waals surface area contributed by atoms with Gasteiger partial charge in [-0.25, -0.2) is 0 Å². The Labute approximate surface area is 349 Å². The van der Waals surface area contributed by atoms with E-state index in [1.807, 2.05) is 6.08 Å². The molecule has 332 valence electrons. The maximum absolute atomic E-state index is 12.4. The van der Waals surface area contributed by atoms with E-state index in [-0.39, 0.29) is 18.5 Å². The molecule has 56 heavy (non-hydrogen) atoms. The smallest absolute Gasteiger partial charge is 0.305 e. The fourth-order valence-electron chi connectivity index (χ4n) is 7.69. The van der Waals surface area contributed by atoms with Gasteiger partial charge in [0.25, 0.3) is 0 Å². The second-order valence-corrected chi connectivity index (χ2v) is 17.2. The van der Waals surface area contributed by atoms with E-state index in [2.05, 4.69) is 19.2 Å². The highest BCUT2D eigenvalue weighted by atomic mass is 16.5. The van der Waals surface area contributed by atoms with Crippen molar-refractivity contribution in [2.45, 2.75) is 283 Å². The van der Waals surface area contributed by atoms with E-state index in [4.69, 9.17) is 4.74 Å². The Hall–Kier alpha value is -1.40. The number of ether oxygens (including phenoxy) is 1. The molecule has 0 aliphatic rings. The molecule has 0 radical (unpaired) electrons. The van der Waals surface area contributed by atoms with Crippen LogP contribution in [0.1, 0.15) is 271 Å². The van der Waals surface area contributed by atoms with Crippen LogP contribution in [0.2, 0.25) is 0 Å². The summed E-state index contributed by atoms with van der Waals surface area (Å²) in [5.41, 5.74) is 0. The minimum atomic E-state index is -0.848. The Balaban J connectivity index is 3.41. The molecule has 0 fully saturated rings. The summed E-state index contributed by atoms with van der Waals surface area (Å²) in [7, 11) is 0. The first kappa shape index (κ1) is 54.6. The van der Waals surface area contributed by atoms with Crippen molar-refractivity contribution >= 4 is 11.9 Å². The summed E-state index contributed by atoms with van der Waals surface area (Å²) < 4.78 is 5.47. The Morgan fingerprint density at radius 1 is 0.482 bits per heavy atom. The van der Waals surface area contributed by atoms with E-state index >= 15 is 0 Å². The summed E-state index contributed by atoms with van der Waals surface area (Å²) in [6.45, 7) is 4.86. The second-order valence-electron chi connectivity index (χ2n) is 17.2. The summed E-state index contributed by atoms with van der Waals surface area (Å²) >= 11 is 0. The highest BCUT2D eigenvalue weighted by Crippen LogP contribution is 2.16. The molecule has 3 N–H and O–H groups in total. The zero-order valence-electron chi connectivity index (χ0n) is 37.6. The van der Waals surface area contributed by atoms with Crippen LogP contribution < -0.4 is 5.32 Å². The molecule has 0 aromatic rings. The van der Waals surface area contributed by atoms with Crippen molar-refractivity contribution in [2.75, 3.05) is 13.2 Å². The van der Waals surface area contributed by atoms with Crippen molar-refractivity contribution in [2.24, 2.45) is 0 Å². The van der Waals surface area contributed by atoms with Gasteiger partial charge in [0.2, 0.25) is 5.91 Å². The van der Waals surface area contributed by atoms with Crippen molar-refractivity contribution in [3.8, 4) is 0 Å². The number of nitrogens with one attached hydrogen (secondary N) is 1. The van der Waals surface area contributed by atoms with Gasteiger partial charge in [0, 0.05) is 12.8 Å². The third-order valence-corrected chi connectivity index (χ3v) is 11.6. The largest absolute Gasteiger partial charge is 0.466 e. The predicted octanol–water partition coefficient (Wildman–Crippen LogP) is 14.6. The first-order valence-electron chi connectivity index (χ1n) is 25.0. The molecule has 1 amide bonds. The summed E-state index contributed by atoms with van der Waals surface area (Å²) in [5, 5.41) is 22.9. The van der Waals surface area contributed by atoms with Crippen LogP contribution in [0, 0.1) is 0 Å². The van der Waals surface area contributed by atoms with Crippen molar-refractivity contribution in [3.05, 3.63) is 12.2 Å². The molecule has 0 aliphatic carbocycles. The summed E-state index contributed by atoms with van der Waals surface area (Å²) in [5.74, 6) is -0.0811. The highest BCUT2D eigenvalue weighted by molar-refractivity contribution is 5.76. The number of amides is 1. The van der Waals surface area contributed by atoms with Crippen molar-refractivity contribution in [3.63, 3.8) is 0 Å². The van der Waals surface area contributed by atoms with E-state index in [9.17, 15) is 19.8 Å². The van der Waals surface area contributed by atoms with E-state index in [0.717, 1.165) is 57.8 Å². The van der Waals surface area contributed by atoms with Gasteiger partial charge in [0.15, 0.2) is 0 Å². The lowest BCUT2D eigenvalue weighted by Gasteiger charge is -2.20. The maximum atomic E-state index is 12.4. The third-order valence-electron chi connectivity index (χ3n) is 11.6. The molecule has 0 rings (SSSR count). The molecule has 2 atom stereocenters. The first-order valence-corrected chi connectivity index (χ1v) is 25.0. The number of aliphatic hydroxyl groups is 2. The molecule has 0 saturated heterocycles. The maximum Gasteiger partial charge on any atom is 0.305 e. The van der Waals surface area contributed by atoms with Crippen molar-refractivity contribution in [1.29, 1.82) is 0 Å². The van der Waals surface area contributed by atoms with Crippen LogP contribution in [0.3, 0.4) is 0 Å². The van der Waals surface area contributed by atoms with E-state index < -0.39 is 12.1 Å². The Morgan fingerprint density at radius 3 is 1.21 bits per heavy atom. The molecule has 0 heterocycles. The lowest BCUT2D eigenvalue weighted by molar-refractivity contribution is -0.143. The van der Waals surface area contributed by atoms with Gasteiger partial charge in [-0.3, -0.25) is 9.59 Å². The normalized spacial score (nSPS) is 12.7. The quantitative estimate of drug-likeness (QED) is 0.0324. The lowest BCUT2D eigenvalue weighted by atomic mass is 10.0. The number of allylic oxidation sites excluding steroid dienone is 1. The monoisotopic (exact) mass is 792 g/mol. The molecule has 6 nitrogen and oxygen atoms in total. The van der Waals surface area contributed by atoms with E-state index in [0.29, 0.717) is 19.4 Å². The summed E-state index contributed by atoms with van der Waals surface area (Å²) in [6, 6.07) is -0.632. The molecule has 0 aliphatic heterocycles. The highest BCUT2D eigenvalue weighted by Gasteiger charge is 2.18. The van der Waals surface area contributed by atoms with Gasteiger partial charge < -0.3 is 20.3 Å². The third kappa shape index (κ3) is 42.2. The van der Waals surface area contributed by atoms with Crippen LogP contribution in [0.25, 0.3) is 0 Å². The van der Waals surface area contributed by atoms with Crippen LogP contribution >= 0.6 is 0 Å². The van der Waals surface area contributed by atoms with E-state index in [1.165, 1.54) is 186 Å². The molecule has 2 unspecified atom stereocenters. The number of carbonyl (C=O) groups excluding carboxylic acids is 2. The zero-order chi connectivity index (χ0) is 40.8. The number of hydrogen-bond acceptors (Lipinski definition) is 5. The number of rotatable bonds is 46. The van der Waals surface area contributed by atoms with Gasteiger partial charge in [-0.15, -0.1) is 0 Å². The summed E-state index contributed by atoms with van der Waals surface area (Å²) in [6.07, 6.45) is 52.1. The topological polar surface area (TPSA) is 95.9 Å². The molecule has 0 bridgehead atoms. The van der Waals surface area contributed by atoms with Gasteiger partial charge in [-0.2, -0.15) is 0 Å². The average Bonchev–Trinajstić information content (AvgIpc) is 3.20. The van der Waals surface area contributed by atoms with Crippen LogP contribution in [0.15, 0.2) is 12.2 Å². The van der Waals surface area contributed by atoms with E-state index in [1.54, 1.807) is 6.08 Å². The van der Waals surface area contributed by atoms with Crippen molar-refractivity contribution in [1.82, 2.24) is 5.32 Å². The first-order chi connectivity index (χ1) is 27.5. The molecule has 0 spiro atoms. The van der Waals surface area contributed by atoms with Gasteiger partial charge >= 0.3 is 5.97 Å². The predicted molar refractivity (Wildman–Crippen MR) is 241 cm³/mol. The minimum absolute atomic E-state index is 0.000477. The Kier molecular flexibility index (Phi) is 45.1. The fraction of sp³-hybridized carbons (Fsp3) is 0.920. The van der Waals surface area contributed by atoms with Crippen molar-refractivity contribution < 1.29 is 24.5 Å². The molecule has 0 aromatic heterocycles. The van der Waals surface area contributed by atoms with Crippen LogP contribution in [-0.4, -0.2) is 47.4 Å².